The molecule has 12 heteroatoms. The number of halogens is 2. The normalized spacial score (nSPS) is 24.6. The van der Waals surface area contributed by atoms with Crippen molar-refractivity contribution >= 4 is 53.6 Å². The fourth-order valence-electron chi connectivity index (χ4n) is 4.45. The van der Waals surface area contributed by atoms with Gasteiger partial charge < -0.3 is 35.2 Å². The van der Waals surface area contributed by atoms with Gasteiger partial charge in [-0.2, -0.15) is 11.3 Å². The van der Waals surface area contributed by atoms with Crippen LogP contribution < -0.4 is 20.3 Å². The summed E-state index contributed by atoms with van der Waals surface area (Å²) in [5, 5.41) is 29.8. The molecule has 0 aliphatic carbocycles. The summed E-state index contributed by atoms with van der Waals surface area (Å²) in [6, 6.07) is 9.13. The van der Waals surface area contributed by atoms with E-state index in [-0.39, 0.29) is 50.0 Å². The Morgan fingerprint density at radius 3 is 2.56 bits per heavy atom. The predicted molar refractivity (Wildman–Crippen MR) is 138 cm³/mol. The van der Waals surface area contributed by atoms with Crippen LogP contribution in [-0.2, 0) is 4.74 Å². The van der Waals surface area contributed by atoms with Gasteiger partial charge in [-0.05, 0) is 23.6 Å². The zero-order valence-electron chi connectivity index (χ0n) is 18.8. The van der Waals surface area contributed by atoms with Crippen molar-refractivity contribution in [2.75, 3.05) is 56.7 Å². The molecule has 0 saturated carbocycles. The van der Waals surface area contributed by atoms with Crippen molar-refractivity contribution in [3.8, 4) is 5.75 Å². The second-order valence-electron chi connectivity index (χ2n) is 7.92. The lowest BCUT2D eigenvalue weighted by Crippen LogP contribution is -2.57. The lowest BCUT2D eigenvalue weighted by molar-refractivity contribution is -0.0205. The van der Waals surface area contributed by atoms with E-state index in [4.69, 9.17) is 9.47 Å². The Labute approximate surface area is 215 Å². The first-order valence-corrected chi connectivity index (χ1v) is 11.7. The number of thiophene rings is 1. The minimum absolute atomic E-state index is 0. The number of anilines is 2. The van der Waals surface area contributed by atoms with Gasteiger partial charge in [0.05, 0.1) is 37.2 Å². The first-order chi connectivity index (χ1) is 15.6. The molecule has 2 aliphatic rings. The molecule has 4 rings (SSSR count). The molecule has 3 heterocycles. The van der Waals surface area contributed by atoms with E-state index >= 15 is 0 Å². The maximum atomic E-state index is 12.2. The Morgan fingerprint density at radius 2 is 1.91 bits per heavy atom. The topological polar surface area (TPSA) is 107 Å². The number of carbonyl (C=O) groups excluding carboxylic acids is 1. The summed E-state index contributed by atoms with van der Waals surface area (Å²) in [4.78, 5) is 16.7. The molecule has 34 heavy (non-hydrogen) atoms. The van der Waals surface area contributed by atoms with Crippen molar-refractivity contribution in [1.82, 2.24) is 10.2 Å². The second-order valence-corrected chi connectivity index (χ2v) is 8.70. The van der Waals surface area contributed by atoms with Gasteiger partial charge in [-0.3, -0.25) is 4.90 Å². The standard InChI is InChI=1S/C22H30N4O5S.2ClH/c1-30-17-5-3-2-4-16(17)25-7-9-26(10-8-25)20-18(31-19(13-27)21(20)28)12-23-22(29)24-15-6-11-32-14-15;;/h2-6,11,14,18-21,27-28H,7-10,12-13H2,1H3,(H2,23,24,29);2*1H/t18-,19+,20+,21-;;/m1../s1. The number of nitrogens with zero attached hydrogens (tertiary/aromatic N) is 2. The van der Waals surface area contributed by atoms with Crippen molar-refractivity contribution < 1.29 is 24.5 Å². The average molecular weight is 535 g/mol. The van der Waals surface area contributed by atoms with Gasteiger partial charge in [-0.25, -0.2) is 4.79 Å². The van der Waals surface area contributed by atoms with Crippen molar-refractivity contribution in [2.24, 2.45) is 0 Å². The van der Waals surface area contributed by atoms with E-state index in [0.29, 0.717) is 0 Å². The van der Waals surface area contributed by atoms with Gasteiger partial charge >= 0.3 is 6.03 Å². The van der Waals surface area contributed by atoms with Crippen molar-refractivity contribution in [1.29, 1.82) is 0 Å². The van der Waals surface area contributed by atoms with E-state index in [1.54, 1.807) is 7.11 Å². The molecule has 2 amide bonds. The molecule has 190 valence electrons. The molecule has 2 aliphatic heterocycles. The molecular formula is C22H32Cl2N4O5S. The Kier molecular flexibility index (Phi) is 11.2. The zero-order chi connectivity index (χ0) is 22.5. The van der Waals surface area contributed by atoms with Crippen LogP contribution in [0.15, 0.2) is 41.1 Å². The third-order valence-electron chi connectivity index (χ3n) is 6.05. The average Bonchev–Trinajstić information content (AvgIpc) is 3.45. The number of ether oxygens (including phenoxy) is 2. The summed E-state index contributed by atoms with van der Waals surface area (Å²) in [6.07, 6.45) is -1.92. The summed E-state index contributed by atoms with van der Waals surface area (Å²) in [5.74, 6) is 0.837. The highest BCUT2D eigenvalue weighted by Gasteiger charge is 2.46. The number of amides is 2. The molecule has 9 nitrogen and oxygen atoms in total. The Bertz CT molecular complexity index is 886. The third kappa shape index (κ3) is 6.45. The van der Waals surface area contributed by atoms with E-state index < -0.39 is 18.3 Å². The third-order valence-corrected chi connectivity index (χ3v) is 6.73. The fourth-order valence-corrected chi connectivity index (χ4v) is 5.04. The van der Waals surface area contributed by atoms with Crippen LogP contribution >= 0.6 is 36.2 Å². The van der Waals surface area contributed by atoms with Crippen LogP contribution in [0.25, 0.3) is 0 Å². The summed E-state index contributed by atoms with van der Waals surface area (Å²) in [7, 11) is 1.67. The number of aliphatic hydroxyl groups excluding tert-OH is 2. The predicted octanol–water partition coefficient (Wildman–Crippen LogP) is 2.03. The molecule has 0 bridgehead atoms. The van der Waals surface area contributed by atoms with Crippen LogP contribution in [-0.4, -0.2) is 91.9 Å². The van der Waals surface area contributed by atoms with E-state index in [1.807, 2.05) is 41.1 Å². The number of piperazine rings is 1. The summed E-state index contributed by atoms with van der Waals surface area (Å²) in [5.41, 5.74) is 1.78. The number of methoxy groups -OCH3 is 1. The van der Waals surface area contributed by atoms with Crippen LogP contribution in [0.1, 0.15) is 0 Å². The quantitative estimate of drug-likeness (QED) is 0.430. The molecular weight excluding hydrogens is 503 g/mol. The minimum atomic E-state index is -0.829. The van der Waals surface area contributed by atoms with Gasteiger partial charge in [-0.15, -0.1) is 24.8 Å². The van der Waals surface area contributed by atoms with Gasteiger partial charge in [0, 0.05) is 38.1 Å². The molecule has 4 atom stereocenters. The molecule has 2 fully saturated rings. The largest absolute Gasteiger partial charge is 0.495 e. The second kappa shape index (κ2) is 13.3. The summed E-state index contributed by atoms with van der Waals surface area (Å²) in [6.45, 7) is 2.95. The molecule has 1 aromatic heterocycles. The SMILES string of the molecule is COc1ccccc1N1CCN([C@@H]2[C@H](O)[C@H](CO)O[C@@H]2CNC(=O)Nc2ccsc2)CC1.Cl.Cl. The molecule has 4 N–H and O–H groups in total. The monoisotopic (exact) mass is 534 g/mol. The van der Waals surface area contributed by atoms with Crippen LogP contribution in [0, 0.1) is 0 Å². The highest BCUT2D eigenvalue weighted by molar-refractivity contribution is 7.08. The van der Waals surface area contributed by atoms with Crippen LogP contribution in [0.3, 0.4) is 0 Å². The van der Waals surface area contributed by atoms with Gasteiger partial charge in [0.25, 0.3) is 0 Å². The maximum Gasteiger partial charge on any atom is 0.319 e. The highest BCUT2D eigenvalue weighted by atomic mass is 35.5. The number of benzene rings is 1. The highest BCUT2D eigenvalue weighted by Crippen LogP contribution is 2.31. The Hall–Kier alpha value is -1.79. The first-order valence-electron chi connectivity index (χ1n) is 10.7. The van der Waals surface area contributed by atoms with E-state index in [2.05, 4.69) is 20.4 Å². The molecule has 1 aromatic carbocycles. The van der Waals surface area contributed by atoms with Gasteiger partial charge in [0.15, 0.2) is 0 Å². The van der Waals surface area contributed by atoms with Gasteiger partial charge in [0.1, 0.15) is 18.0 Å². The number of hydrogen-bond acceptors (Lipinski definition) is 8. The molecule has 0 spiro atoms. The molecule has 2 aromatic rings. The number of aliphatic hydroxyl groups is 2. The van der Waals surface area contributed by atoms with Crippen molar-refractivity contribution in [2.45, 2.75) is 24.4 Å². The van der Waals surface area contributed by atoms with Gasteiger partial charge in [-0.1, -0.05) is 12.1 Å². The van der Waals surface area contributed by atoms with Crippen LogP contribution in [0.4, 0.5) is 16.2 Å². The minimum Gasteiger partial charge on any atom is -0.495 e. The molecule has 2 saturated heterocycles. The number of nitrogens with one attached hydrogen (secondary N) is 2. The smallest absolute Gasteiger partial charge is 0.319 e. The molecule has 0 unspecified atom stereocenters. The first kappa shape index (κ1) is 28.4. The lowest BCUT2D eigenvalue weighted by Gasteiger charge is -2.41. The summed E-state index contributed by atoms with van der Waals surface area (Å²) < 4.78 is 11.4. The number of para-hydroxylation sites is 2. The van der Waals surface area contributed by atoms with Crippen LogP contribution in [0.5, 0.6) is 5.75 Å². The molecule has 0 radical (unpaired) electrons. The number of urea groups is 1. The van der Waals surface area contributed by atoms with E-state index in [1.165, 1.54) is 11.3 Å². The zero-order valence-corrected chi connectivity index (χ0v) is 21.3. The Balaban J connectivity index is 0.00000204. The summed E-state index contributed by atoms with van der Waals surface area (Å²) >= 11 is 1.50. The number of hydrogen-bond donors (Lipinski definition) is 4. The number of rotatable bonds is 7. The van der Waals surface area contributed by atoms with E-state index in [0.717, 1.165) is 43.3 Å². The lowest BCUT2D eigenvalue weighted by atomic mass is 10.0. The van der Waals surface area contributed by atoms with Crippen LogP contribution in [0.2, 0.25) is 0 Å². The number of carbonyl (C=O) groups is 1. The van der Waals surface area contributed by atoms with Crippen molar-refractivity contribution in [3.05, 3.63) is 41.1 Å². The fraction of sp³-hybridized carbons (Fsp3) is 0.500. The van der Waals surface area contributed by atoms with Crippen molar-refractivity contribution in [3.63, 3.8) is 0 Å². The van der Waals surface area contributed by atoms with E-state index in [9.17, 15) is 15.0 Å². The Morgan fingerprint density at radius 1 is 1.18 bits per heavy atom. The maximum absolute atomic E-state index is 12.2. The van der Waals surface area contributed by atoms with Gasteiger partial charge in [0.2, 0.25) is 0 Å².